The predicted octanol–water partition coefficient (Wildman–Crippen LogP) is 2.61. The van der Waals surface area contributed by atoms with E-state index in [0.29, 0.717) is 19.1 Å². The quantitative estimate of drug-likeness (QED) is 0.537. The van der Waals surface area contributed by atoms with E-state index in [-0.39, 0.29) is 5.91 Å². The minimum atomic E-state index is -0.617. The molecule has 0 rings (SSSR count). The summed E-state index contributed by atoms with van der Waals surface area (Å²) in [7, 11) is 1.77. The smallest absolute Gasteiger partial charge is 0.237 e. The molecule has 2 unspecified atom stereocenters. The third-order valence-electron chi connectivity index (χ3n) is 3.78. The Balaban J connectivity index is 3.65. The maximum Gasteiger partial charge on any atom is 0.237 e. The number of hydrogen-bond donors (Lipinski definition) is 2. The average molecular weight is 272 g/mol. The Bertz CT molecular complexity index is 246. The first-order valence-corrected chi connectivity index (χ1v) is 7.56. The van der Waals surface area contributed by atoms with E-state index in [1.165, 1.54) is 25.7 Å². The van der Waals surface area contributed by atoms with Crippen LogP contribution in [0.4, 0.5) is 0 Å². The number of nitrogens with two attached hydrogens (primary N) is 1. The molecule has 0 saturated heterocycles. The first-order chi connectivity index (χ1) is 8.96. The van der Waals surface area contributed by atoms with Gasteiger partial charge in [-0.25, -0.2) is 0 Å². The van der Waals surface area contributed by atoms with Crippen LogP contribution >= 0.6 is 0 Å². The lowest BCUT2D eigenvalue weighted by molar-refractivity contribution is -0.124. The summed E-state index contributed by atoms with van der Waals surface area (Å²) in [5.74, 6) is -0.303. The monoisotopic (exact) mass is 272 g/mol. The van der Waals surface area contributed by atoms with Crippen molar-refractivity contribution in [2.45, 2.75) is 77.4 Å². The minimum Gasteiger partial charge on any atom is -0.379 e. The van der Waals surface area contributed by atoms with E-state index in [0.717, 1.165) is 12.8 Å². The van der Waals surface area contributed by atoms with Gasteiger partial charge in [0.2, 0.25) is 5.91 Å². The van der Waals surface area contributed by atoms with Crippen LogP contribution in [0.3, 0.4) is 0 Å². The van der Waals surface area contributed by atoms with Gasteiger partial charge in [-0.15, -0.1) is 0 Å². The molecule has 0 aliphatic rings. The van der Waals surface area contributed by atoms with Crippen LogP contribution in [0.5, 0.6) is 0 Å². The van der Waals surface area contributed by atoms with Crippen molar-refractivity contribution in [1.82, 2.24) is 5.32 Å². The summed E-state index contributed by atoms with van der Waals surface area (Å²) in [5.41, 5.74) is 4.76. The van der Waals surface area contributed by atoms with Gasteiger partial charge < -0.3 is 15.8 Å². The summed E-state index contributed by atoms with van der Waals surface area (Å²) >= 11 is 0. The Labute approximate surface area is 118 Å². The van der Waals surface area contributed by atoms with Gasteiger partial charge in [-0.05, 0) is 40.2 Å². The van der Waals surface area contributed by atoms with Crippen LogP contribution in [0.25, 0.3) is 0 Å². The van der Waals surface area contributed by atoms with Crippen molar-refractivity contribution < 1.29 is 9.53 Å². The zero-order chi connectivity index (χ0) is 14.7. The molecule has 0 radical (unpaired) electrons. The Morgan fingerprint density at radius 1 is 1.32 bits per heavy atom. The molecule has 114 valence electrons. The van der Waals surface area contributed by atoms with Crippen molar-refractivity contribution in [1.29, 1.82) is 0 Å². The Hall–Kier alpha value is -0.610. The molecule has 0 aromatic rings. The van der Waals surface area contributed by atoms with E-state index in [2.05, 4.69) is 19.2 Å². The maximum absolute atomic E-state index is 11.3. The Kier molecular flexibility index (Phi) is 9.88. The zero-order valence-electron chi connectivity index (χ0n) is 13.1. The second kappa shape index (κ2) is 10.2. The molecule has 3 N–H and O–H groups in total. The van der Waals surface area contributed by atoms with Gasteiger partial charge in [-0.1, -0.05) is 32.6 Å². The molecule has 0 aromatic heterocycles. The normalized spacial score (nSPS) is 16.0. The first-order valence-electron chi connectivity index (χ1n) is 7.56. The van der Waals surface area contributed by atoms with Crippen molar-refractivity contribution in [2.75, 3.05) is 13.7 Å². The van der Waals surface area contributed by atoms with Crippen LogP contribution in [-0.2, 0) is 9.53 Å². The largest absolute Gasteiger partial charge is 0.379 e. The molecule has 4 nitrogen and oxygen atoms in total. The van der Waals surface area contributed by atoms with E-state index in [1.807, 2.05) is 6.92 Å². The molecular weight excluding hydrogens is 240 g/mol. The molecule has 2 atom stereocenters. The fraction of sp³-hybridized carbons (Fsp3) is 0.933. The Morgan fingerprint density at radius 3 is 2.53 bits per heavy atom. The van der Waals surface area contributed by atoms with Gasteiger partial charge in [0.1, 0.15) is 0 Å². The second-order valence-electron chi connectivity index (χ2n) is 5.58. The number of carbonyl (C=O) groups is 1. The summed E-state index contributed by atoms with van der Waals surface area (Å²) in [6.45, 7) is 6.87. The van der Waals surface area contributed by atoms with Crippen LogP contribution in [0, 0.1) is 0 Å². The molecule has 0 aromatic carbocycles. The number of nitrogens with one attached hydrogen (secondary N) is 1. The molecule has 4 heteroatoms. The van der Waals surface area contributed by atoms with E-state index in [9.17, 15) is 4.79 Å². The number of likely N-dealkylation sites (N-methyl/N-ethyl adjacent to an activating group) is 1. The molecule has 0 fully saturated rings. The number of amides is 1. The number of primary amides is 1. The lowest BCUT2D eigenvalue weighted by atomic mass is 9.95. The van der Waals surface area contributed by atoms with E-state index >= 15 is 0 Å². The van der Waals surface area contributed by atoms with Gasteiger partial charge in [0.05, 0.1) is 11.6 Å². The highest BCUT2D eigenvalue weighted by Crippen LogP contribution is 2.13. The SMILES string of the molecule is CCCCCCC(C)OCCCC(C)(NC)C(N)=O. The Morgan fingerprint density at radius 2 is 2.00 bits per heavy atom. The summed E-state index contributed by atoms with van der Waals surface area (Å²) in [6, 6.07) is 0. The molecular formula is C15H32N2O2. The topological polar surface area (TPSA) is 64.3 Å². The minimum absolute atomic E-state index is 0.303. The van der Waals surface area contributed by atoms with Crippen LogP contribution in [0.2, 0.25) is 0 Å². The maximum atomic E-state index is 11.3. The number of rotatable bonds is 12. The van der Waals surface area contributed by atoms with Crippen LogP contribution in [0.1, 0.15) is 65.7 Å². The van der Waals surface area contributed by atoms with Gasteiger partial charge in [0.25, 0.3) is 0 Å². The molecule has 19 heavy (non-hydrogen) atoms. The number of ether oxygens (including phenoxy) is 1. The third kappa shape index (κ3) is 8.22. The molecule has 0 aliphatic carbocycles. The van der Waals surface area contributed by atoms with Crippen LogP contribution in [0.15, 0.2) is 0 Å². The first kappa shape index (κ1) is 18.4. The lowest BCUT2D eigenvalue weighted by Gasteiger charge is -2.25. The average Bonchev–Trinajstić information content (AvgIpc) is 2.39. The fourth-order valence-electron chi connectivity index (χ4n) is 2.02. The molecule has 0 aliphatic heterocycles. The van der Waals surface area contributed by atoms with Gasteiger partial charge >= 0.3 is 0 Å². The second-order valence-corrected chi connectivity index (χ2v) is 5.58. The molecule has 1 amide bonds. The van der Waals surface area contributed by atoms with Crippen molar-refractivity contribution >= 4 is 5.91 Å². The third-order valence-corrected chi connectivity index (χ3v) is 3.78. The molecule has 0 heterocycles. The number of carbonyl (C=O) groups excluding carboxylic acids is 1. The van der Waals surface area contributed by atoms with Crippen LogP contribution in [-0.4, -0.2) is 31.2 Å². The van der Waals surface area contributed by atoms with Crippen molar-refractivity contribution in [2.24, 2.45) is 5.73 Å². The molecule has 0 saturated carbocycles. The van der Waals surface area contributed by atoms with Gasteiger partial charge in [-0.3, -0.25) is 4.79 Å². The van der Waals surface area contributed by atoms with Gasteiger partial charge in [0, 0.05) is 6.61 Å². The zero-order valence-corrected chi connectivity index (χ0v) is 13.1. The van der Waals surface area contributed by atoms with Crippen molar-refractivity contribution in [3.63, 3.8) is 0 Å². The highest BCUT2D eigenvalue weighted by molar-refractivity contribution is 5.84. The lowest BCUT2D eigenvalue weighted by Crippen LogP contribution is -2.51. The highest BCUT2D eigenvalue weighted by atomic mass is 16.5. The molecule has 0 spiro atoms. The predicted molar refractivity (Wildman–Crippen MR) is 80.1 cm³/mol. The standard InChI is InChI=1S/C15H32N2O2/c1-5-6-7-8-10-13(2)19-12-9-11-15(3,17-4)14(16)18/h13,17H,5-12H2,1-4H3,(H2,16,18). The highest BCUT2D eigenvalue weighted by Gasteiger charge is 2.27. The van der Waals surface area contributed by atoms with E-state index < -0.39 is 5.54 Å². The molecule has 0 bridgehead atoms. The van der Waals surface area contributed by atoms with Crippen molar-refractivity contribution in [3.05, 3.63) is 0 Å². The summed E-state index contributed by atoms with van der Waals surface area (Å²) < 4.78 is 5.76. The van der Waals surface area contributed by atoms with Crippen molar-refractivity contribution in [3.8, 4) is 0 Å². The van der Waals surface area contributed by atoms with E-state index in [4.69, 9.17) is 10.5 Å². The number of hydrogen-bond acceptors (Lipinski definition) is 3. The van der Waals surface area contributed by atoms with E-state index in [1.54, 1.807) is 7.05 Å². The van der Waals surface area contributed by atoms with Gasteiger partial charge in [-0.2, -0.15) is 0 Å². The van der Waals surface area contributed by atoms with Crippen LogP contribution < -0.4 is 11.1 Å². The fourth-order valence-corrected chi connectivity index (χ4v) is 2.02. The summed E-state index contributed by atoms with van der Waals surface area (Å²) in [4.78, 5) is 11.3. The summed E-state index contributed by atoms with van der Waals surface area (Å²) in [5, 5.41) is 2.98. The summed E-state index contributed by atoms with van der Waals surface area (Å²) in [6.07, 6.45) is 8.11. The number of unbranched alkanes of at least 4 members (excludes halogenated alkanes) is 3. The van der Waals surface area contributed by atoms with Gasteiger partial charge in [0.15, 0.2) is 0 Å².